The Labute approximate surface area is 120 Å². The molecule has 0 bridgehead atoms. The van der Waals surface area contributed by atoms with Crippen molar-refractivity contribution >= 4 is 21.4 Å². The van der Waals surface area contributed by atoms with E-state index in [0.29, 0.717) is 12.8 Å². The maximum Gasteiger partial charge on any atom is 0.305 e. The molecule has 7 nitrogen and oxygen atoms in total. The fourth-order valence-electron chi connectivity index (χ4n) is 2.20. The predicted molar refractivity (Wildman–Crippen MR) is 72.2 cm³/mol. The van der Waals surface area contributed by atoms with E-state index in [1.54, 1.807) is 0 Å². The van der Waals surface area contributed by atoms with E-state index in [9.17, 15) is 27.7 Å². The van der Waals surface area contributed by atoms with Crippen LogP contribution in [0.15, 0.2) is 18.2 Å². The van der Waals surface area contributed by atoms with E-state index in [2.05, 4.69) is 5.32 Å². The topological polar surface area (TPSA) is 106 Å². The van der Waals surface area contributed by atoms with Crippen LogP contribution in [-0.4, -0.2) is 36.8 Å². The minimum atomic E-state index is -3.17. The molecule has 1 aromatic carbocycles. The third-order valence-electron chi connectivity index (χ3n) is 3.20. The van der Waals surface area contributed by atoms with Gasteiger partial charge in [0.05, 0.1) is 16.4 Å². The highest BCUT2D eigenvalue weighted by atomic mass is 32.2. The minimum absolute atomic E-state index is 0.0777. The number of sulfone groups is 1. The monoisotopic (exact) mass is 316 g/mol. The minimum Gasteiger partial charge on any atom is -0.348 e. The first-order chi connectivity index (χ1) is 9.78. The third-order valence-corrected chi connectivity index (χ3v) is 5.02. The molecule has 9 heteroatoms. The lowest BCUT2D eigenvalue weighted by Gasteiger charge is -2.22. The average molecular weight is 316 g/mol. The Morgan fingerprint density at radius 3 is 2.76 bits per heavy atom. The summed E-state index contributed by atoms with van der Waals surface area (Å²) in [6.45, 7) is 0. The quantitative estimate of drug-likeness (QED) is 0.662. The van der Waals surface area contributed by atoms with Crippen molar-refractivity contribution in [3.05, 3.63) is 39.7 Å². The molecule has 1 amide bonds. The van der Waals surface area contributed by atoms with Gasteiger partial charge >= 0.3 is 5.69 Å². The number of nitrogens with zero attached hydrogens (tertiary/aromatic N) is 1. The van der Waals surface area contributed by atoms with Crippen LogP contribution in [0.4, 0.5) is 10.1 Å². The smallest absolute Gasteiger partial charge is 0.305 e. The van der Waals surface area contributed by atoms with Crippen molar-refractivity contribution < 1.29 is 22.5 Å². The van der Waals surface area contributed by atoms with Crippen molar-refractivity contribution in [1.82, 2.24) is 5.32 Å². The summed E-state index contributed by atoms with van der Waals surface area (Å²) in [6, 6.07) is 2.27. The first kappa shape index (κ1) is 15.4. The lowest BCUT2D eigenvalue weighted by atomic mass is 10.1. The van der Waals surface area contributed by atoms with E-state index >= 15 is 0 Å². The summed E-state index contributed by atoms with van der Waals surface area (Å²) in [7, 11) is -3.17. The van der Waals surface area contributed by atoms with Crippen LogP contribution in [0.25, 0.3) is 0 Å². The van der Waals surface area contributed by atoms with E-state index in [-0.39, 0.29) is 17.1 Å². The largest absolute Gasteiger partial charge is 0.348 e. The van der Waals surface area contributed by atoms with Crippen molar-refractivity contribution in [2.24, 2.45) is 0 Å². The molecule has 1 heterocycles. The van der Waals surface area contributed by atoms with Crippen LogP contribution in [0.1, 0.15) is 23.2 Å². The van der Waals surface area contributed by atoms with Crippen molar-refractivity contribution in [1.29, 1.82) is 0 Å². The van der Waals surface area contributed by atoms with Gasteiger partial charge in [0, 0.05) is 17.7 Å². The molecule has 1 saturated heterocycles. The number of rotatable bonds is 3. The highest BCUT2D eigenvalue weighted by molar-refractivity contribution is 7.91. The number of amides is 1. The van der Waals surface area contributed by atoms with Gasteiger partial charge in [-0.25, -0.2) is 8.42 Å². The van der Waals surface area contributed by atoms with Gasteiger partial charge in [-0.1, -0.05) is 0 Å². The molecule has 1 fully saturated rings. The summed E-state index contributed by atoms with van der Waals surface area (Å²) in [5.41, 5.74) is -0.870. The fraction of sp³-hybridized carbons (Fsp3) is 0.417. The second kappa shape index (κ2) is 5.76. The lowest BCUT2D eigenvalue weighted by molar-refractivity contribution is -0.387. The Bertz CT molecular complexity index is 689. The number of hydrogen-bond acceptors (Lipinski definition) is 5. The van der Waals surface area contributed by atoms with Gasteiger partial charge in [0.15, 0.2) is 9.84 Å². The molecule has 1 N–H and O–H groups in total. The number of carbonyl (C=O) groups is 1. The summed E-state index contributed by atoms with van der Waals surface area (Å²) in [5, 5.41) is 13.1. The maximum absolute atomic E-state index is 13.2. The van der Waals surface area contributed by atoms with Gasteiger partial charge < -0.3 is 5.32 Å². The second-order valence-corrected chi connectivity index (χ2v) is 7.08. The van der Waals surface area contributed by atoms with Gasteiger partial charge in [-0.2, -0.15) is 4.39 Å². The van der Waals surface area contributed by atoms with Gasteiger partial charge in [-0.3, -0.25) is 14.9 Å². The number of nitro groups is 1. The Balaban J connectivity index is 2.14. The molecule has 0 saturated carbocycles. The van der Waals surface area contributed by atoms with Gasteiger partial charge in [0.1, 0.15) is 0 Å². The number of hydrogen-bond donors (Lipinski definition) is 1. The molecule has 0 radical (unpaired) electrons. The normalized spacial score (nSPS) is 20.7. The Morgan fingerprint density at radius 1 is 1.43 bits per heavy atom. The number of benzene rings is 1. The molecule has 0 spiro atoms. The summed E-state index contributed by atoms with van der Waals surface area (Å²) >= 11 is 0. The zero-order valence-corrected chi connectivity index (χ0v) is 11.7. The summed E-state index contributed by atoms with van der Waals surface area (Å²) in [6.07, 6.45) is 0.977. The van der Waals surface area contributed by atoms with E-state index in [4.69, 9.17) is 0 Å². The zero-order valence-electron chi connectivity index (χ0n) is 10.9. The van der Waals surface area contributed by atoms with E-state index < -0.39 is 38.2 Å². The van der Waals surface area contributed by atoms with Crippen LogP contribution in [0, 0.1) is 15.9 Å². The van der Waals surface area contributed by atoms with Crippen LogP contribution in [-0.2, 0) is 9.84 Å². The molecule has 1 unspecified atom stereocenters. The molecule has 1 aromatic rings. The van der Waals surface area contributed by atoms with Crippen molar-refractivity contribution in [2.45, 2.75) is 18.9 Å². The van der Waals surface area contributed by atoms with Crippen LogP contribution in [0.2, 0.25) is 0 Å². The molecule has 1 aliphatic heterocycles. The van der Waals surface area contributed by atoms with Gasteiger partial charge in [0.25, 0.3) is 5.91 Å². The molecule has 0 aromatic heterocycles. The third kappa shape index (κ3) is 3.75. The van der Waals surface area contributed by atoms with Crippen molar-refractivity contribution in [3.8, 4) is 0 Å². The number of nitrogens with one attached hydrogen (secondary N) is 1. The molecule has 1 aliphatic rings. The van der Waals surface area contributed by atoms with Crippen LogP contribution in [0.3, 0.4) is 0 Å². The molecule has 0 aliphatic carbocycles. The average Bonchev–Trinajstić information content (AvgIpc) is 2.37. The summed E-state index contributed by atoms with van der Waals surface area (Å²) in [5.74, 6) is -1.74. The van der Waals surface area contributed by atoms with Crippen LogP contribution >= 0.6 is 0 Å². The zero-order chi connectivity index (χ0) is 15.6. The fourth-order valence-corrected chi connectivity index (χ4v) is 3.84. The Morgan fingerprint density at radius 2 is 2.14 bits per heavy atom. The first-order valence-electron chi connectivity index (χ1n) is 6.24. The SMILES string of the molecule is O=C(NC1CCCS(=O)(=O)C1)c1ccc(F)c([N+](=O)[O-])c1. The van der Waals surface area contributed by atoms with Crippen molar-refractivity contribution in [3.63, 3.8) is 0 Å². The lowest BCUT2D eigenvalue weighted by Crippen LogP contribution is -2.43. The van der Waals surface area contributed by atoms with E-state index in [1.165, 1.54) is 0 Å². The molecule has 21 heavy (non-hydrogen) atoms. The highest BCUT2D eigenvalue weighted by Crippen LogP contribution is 2.19. The highest BCUT2D eigenvalue weighted by Gasteiger charge is 2.26. The molecular weight excluding hydrogens is 303 g/mol. The number of carbonyl (C=O) groups excluding carboxylic acids is 1. The summed E-state index contributed by atoms with van der Waals surface area (Å²) < 4.78 is 36.1. The molecule has 1 atom stereocenters. The molecule has 114 valence electrons. The standard InChI is InChI=1S/C12H13FN2O5S/c13-10-4-3-8(6-11(10)15(17)18)12(16)14-9-2-1-5-21(19,20)7-9/h3-4,6,9H,1-2,5,7H2,(H,14,16). The number of halogens is 1. The van der Waals surface area contributed by atoms with E-state index in [0.717, 1.165) is 18.2 Å². The first-order valence-corrected chi connectivity index (χ1v) is 8.06. The summed E-state index contributed by atoms with van der Waals surface area (Å²) in [4.78, 5) is 21.7. The Hall–Kier alpha value is -2.03. The van der Waals surface area contributed by atoms with Gasteiger partial charge in [-0.05, 0) is 25.0 Å². The second-order valence-electron chi connectivity index (χ2n) is 4.85. The van der Waals surface area contributed by atoms with Crippen LogP contribution in [0.5, 0.6) is 0 Å². The predicted octanol–water partition coefficient (Wildman–Crippen LogP) is 1.04. The van der Waals surface area contributed by atoms with Crippen LogP contribution < -0.4 is 5.32 Å². The number of nitro benzene ring substituents is 1. The van der Waals surface area contributed by atoms with Gasteiger partial charge in [-0.15, -0.1) is 0 Å². The van der Waals surface area contributed by atoms with Crippen molar-refractivity contribution in [2.75, 3.05) is 11.5 Å². The molecule has 2 rings (SSSR count). The Kier molecular flexibility index (Phi) is 4.21. The molecular formula is C12H13FN2O5S. The van der Waals surface area contributed by atoms with E-state index in [1.807, 2.05) is 0 Å². The maximum atomic E-state index is 13.2. The van der Waals surface area contributed by atoms with Gasteiger partial charge in [0.2, 0.25) is 5.82 Å².